The van der Waals surface area contributed by atoms with E-state index in [4.69, 9.17) is 0 Å². The second-order valence-corrected chi connectivity index (χ2v) is 8.18. The fraction of sp³-hybridized carbons (Fsp3) is 0.375. The van der Waals surface area contributed by atoms with Crippen molar-refractivity contribution in [3.05, 3.63) is 70.3 Å². The number of likely N-dealkylation sites (N-methyl/N-ethyl adjacent to an activating group) is 1. The number of nitrogens with one attached hydrogen (secondary N) is 1. The molecule has 0 saturated carbocycles. The van der Waals surface area contributed by atoms with Gasteiger partial charge in [0.1, 0.15) is 5.82 Å². The Kier molecular flexibility index (Phi) is 7.61. The summed E-state index contributed by atoms with van der Waals surface area (Å²) in [6.07, 6.45) is -4.62. The van der Waals surface area contributed by atoms with E-state index in [0.717, 1.165) is 6.07 Å². The Morgan fingerprint density at radius 1 is 1.09 bits per heavy atom. The molecule has 0 fully saturated rings. The molecule has 182 valence electrons. The summed E-state index contributed by atoms with van der Waals surface area (Å²) in [6, 6.07) is 10.4. The molecule has 2 aromatic carbocycles. The van der Waals surface area contributed by atoms with E-state index < -0.39 is 23.8 Å². The molecular weight excluding hydrogens is 447 g/mol. The van der Waals surface area contributed by atoms with Crippen LogP contribution in [-0.4, -0.2) is 52.6 Å². The average molecular weight is 476 g/mol. The molecule has 7 nitrogen and oxygen atoms in total. The molecule has 0 saturated heterocycles. The number of anilines is 1. The van der Waals surface area contributed by atoms with Crippen molar-refractivity contribution in [1.82, 2.24) is 19.4 Å². The van der Waals surface area contributed by atoms with Crippen molar-refractivity contribution in [2.75, 3.05) is 32.5 Å². The maximum absolute atomic E-state index is 13.4. The Labute approximate surface area is 195 Å². The van der Waals surface area contributed by atoms with E-state index in [1.807, 2.05) is 19.0 Å². The van der Waals surface area contributed by atoms with E-state index in [0.29, 0.717) is 29.8 Å². The molecule has 0 spiro atoms. The van der Waals surface area contributed by atoms with Gasteiger partial charge in [-0.1, -0.05) is 24.3 Å². The summed E-state index contributed by atoms with van der Waals surface area (Å²) in [5, 5.41) is 2.88. The highest BCUT2D eigenvalue weighted by Crippen LogP contribution is 2.35. The largest absolute Gasteiger partial charge is 0.418 e. The first-order valence-corrected chi connectivity index (χ1v) is 10.9. The fourth-order valence-electron chi connectivity index (χ4n) is 3.75. The Balaban J connectivity index is 2.03. The van der Waals surface area contributed by atoms with Gasteiger partial charge in [-0.25, -0.2) is 9.78 Å². The molecule has 3 aromatic rings. The number of benzene rings is 2. The lowest BCUT2D eigenvalue weighted by Gasteiger charge is -2.31. The second kappa shape index (κ2) is 10.3. The smallest absolute Gasteiger partial charge is 0.313 e. The number of para-hydroxylation sites is 2. The van der Waals surface area contributed by atoms with E-state index in [-0.39, 0.29) is 17.8 Å². The summed E-state index contributed by atoms with van der Waals surface area (Å²) in [5.74, 6) is 0.365. The summed E-state index contributed by atoms with van der Waals surface area (Å²) in [5.41, 5.74) is -1.00. The van der Waals surface area contributed by atoms with Crippen LogP contribution in [0.1, 0.15) is 31.3 Å². The minimum atomic E-state index is -4.62. The van der Waals surface area contributed by atoms with E-state index >= 15 is 0 Å². The topological polar surface area (TPSA) is 70.5 Å². The molecule has 0 radical (unpaired) electrons. The summed E-state index contributed by atoms with van der Waals surface area (Å²) in [7, 11) is 3.66. The van der Waals surface area contributed by atoms with Gasteiger partial charge in [-0.3, -0.25) is 9.36 Å². The van der Waals surface area contributed by atoms with Crippen LogP contribution in [-0.2, 0) is 12.7 Å². The van der Waals surface area contributed by atoms with Gasteiger partial charge in [0.25, 0.3) is 5.56 Å². The highest BCUT2D eigenvalue weighted by atomic mass is 19.4. The third kappa shape index (κ3) is 5.39. The van der Waals surface area contributed by atoms with Gasteiger partial charge in [0.05, 0.1) is 28.2 Å². The van der Waals surface area contributed by atoms with Gasteiger partial charge in [-0.15, -0.1) is 0 Å². The molecule has 1 aromatic heterocycles. The summed E-state index contributed by atoms with van der Waals surface area (Å²) in [4.78, 5) is 34.2. The minimum absolute atomic E-state index is 0.209. The molecule has 1 heterocycles. The first kappa shape index (κ1) is 25.2. The molecule has 0 aliphatic carbocycles. The Morgan fingerprint density at radius 2 is 1.74 bits per heavy atom. The number of urea groups is 1. The highest BCUT2D eigenvalue weighted by molar-refractivity contribution is 5.90. The van der Waals surface area contributed by atoms with E-state index in [9.17, 15) is 22.8 Å². The maximum Gasteiger partial charge on any atom is 0.418 e. The van der Waals surface area contributed by atoms with Crippen molar-refractivity contribution in [3.8, 4) is 0 Å². The Morgan fingerprint density at radius 3 is 2.38 bits per heavy atom. The van der Waals surface area contributed by atoms with Gasteiger partial charge in [0.2, 0.25) is 0 Å². The van der Waals surface area contributed by atoms with Gasteiger partial charge in [-0.05, 0) is 52.2 Å². The second-order valence-electron chi connectivity index (χ2n) is 8.18. The number of hydrogen-bond donors (Lipinski definition) is 1. The zero-order chi connectivity index (χ0) is 25.0. The van der Waals surface area contributed by atoms with Crippen molar-refractivity contribution in [2.24, 2.45) is 0 Å². The van der Waals surface area contributed by atoms with E-state index in [2.05, 4.69) is 10.3 Å². The molecule has 1 unspecified atom stereocenters. The molecule has 0 aliphatic heterocycles. The lowest BCUT2D eigenvalue weighted by Crippen LogP contribution is -2.43. The number of aromatic nitrogens is 2. The lowest BCUT2D eigenvalue weighted by atomic mass is 10.1. The predicted octanol–water partition coefficient (Wildman–Crippen LogP) is 4.59. The number of amides is 2. The van der Waals surface area contributed by atoms with Crippen LogP contribution in [0.5, 0.6) is 0 Å². The number of fused-ring (bicyclic) bond motifs is 1. The van der Waals surface area contributed by atoms with Crippen LogP contribution in [0.25, 0.3) is 10.9 Å². The standard InChI is InChI=1S/C24H28F3N5O2/c1-5-31-21(28-19-12-8-6-10-17(19)22(31)33)16(2)32(15-14-30(3)4)23(34)29-20-13-9-7-11-18(20)24(25,26)27/h6-13,16H,5,14-15H2,1-4H3,(H,29,34). The van der Waals surface area contributed by atoms with Crippen molar-refractivity contribution < 1.29 is 18.0 Å². The maximum atomic E-state index is 13.4. The number of carbonyl (C=O) groups excluding carboxylic acids is 1. The molecule has 0 bridgehead atoms. The fourth-order valence-corrected chi connectivity index (χ4v) is 3.75. The van der Waals surface area contributed by atoms with Gasteiger partial charge in [-0.2, -0.15) is 13.2 Å². The summed E-state index contributed by atoms with van der Waals surface area (Å²) in [6.45, 7) is 4.52. The number of rotatable bonds is 7. The van der Waals surface area contributed by atoms with Crippen LogP contribution in [0.15, 0.2) is 53.3 Å². The number of halogens is 3. The Hall–Kier alpha value is -3.40. The highest BCUT2D eigenvalue weighted by Gasteiger charge is 2.34. The van der Waals surface area contributed by atoms with E-state index in [1.165, 1.54) is 27.7 Å². The zero-order valence-corrected chi connectivity index (χ0v) is 19.6. The zero-order valence-electron chi connectivity index (χ0n) is 19.6. The summed E-state index contributed by atoms with van der Waals surface area (Å²) < 4.78 is 41.8. The number of nitrogens with zero attached hydrogens (tertiary/aromatic N) is 4. The van der Waals surface area contributed by atoms with Gasteiger partial charge in [0, 0.05) is 19.6 Å². The molecule has 2 amide bonds. The van der Waals surface area contributed by atoms with Crippen molar-refractivity contribution >= 4 is 22.6 Å². The van der Waals surface area contributed by atoms with Crippen molar-refractivity contribution in [2.45, 2.75) is 32.6 Å². The van der Waals surface area contributed by atoms with Gasteiger partial charge < -0.3 is 15.1 Å². The normalized spacial score (nSPS) is 12.7. The first-order valence-electron chi connectivity index (χ1n) is 10.9. The molecular formula is C24H28F3N5O2. The number of alkyl halides is 3. The third-order valence-electron chi connectivity index (χ3n) is 5.57. The SMILES string of the molecule is CCn1c(C(C)N(CCN(C)C)C(=O)Nc2ccccc2C(F)(F)F)nc2ccccc2c1=O. The van der Waals surface area contributed by atoms with Crippen LogP contribution in [0.3, 0.4) is 0 Å². The van der Waals surface area contributed by atoms with Crippen molar-refractivity contribution in [3.63, 3.8) is 0 Å². The molecule has 3 rings (SSSR count). The monoisotopic (exact) mass is 475 g/mol. The third-order valence-corrected chi connectivity index (χ3v) is 5.57. The number of hydrogen-bond acceptors (Lipinski definition) is 4. The molecule has 0 aliphatic rings. The van der Waals surface area contributed by atoms with Gasteiger partial charge >= 0.3 is 12.2 Å². The van der Waals surface area contributed by atoms with Gasteiger partial charge in [0.15, 0.2) is 0 Å². The molecule has 1 atom stereocenters. The number of carbonyl (C=O) groups is 1. The van der Waals surface area contributed by atoms with Crippen LogP contribution in [0.2, 0.25) is 0 Å². The molecule has 10 heteroatoms. The van der Waals surface area contributed by atoms with Crippen LogP contribution < -0.4 is 10.9 Å². The molecule has 34 heavy (non-hydrogen) atoms. The molecule has 1 N–H and O–H groups in total. The van der Waals surface area contributed by atoms with E-state index in [1.54, 1.807) is 38.1 Å². The van der Waals surface area contributed by atoms with Crippen LogP contribution >= 0.6 is 0 Å². The van der Waals surface area contributed by atoms with Crippen LogP contribution in [0, 0.1) is 0 Å². The first-order chi connectivity index (χ1) is 16.0. The predicted molar refractivity (Wildman–Crippen MR) is 126 cm³/mol. The summed E-state index contributed by atoms with van der Waals surface area (Å²) >= 11 is 0. The average Bonchev–Trinajstić information content (AvgIpc) is 2.78. The minimum Gasteiger partial charge on any atom is -0.313 e. The quantitative estimate of drug-likeness (QED) is 0.543. The lowest BCUT2D eigenvalue weighted by molar-refractivity contribution is -0.136. The van der Waals surface area contributed by atoms with Crippen molar-refractivity contribution in [1.29, 1.82) is 0 Å². The van der Waals surface area contributed by atoms with Crippen LogP contribution in [0.4, 0.5) is 23.7 Å². The Bertz CT molecular complexity index is 1220.